The number of amides is 2. The molecule has 0 saturated heterocycles. The Kier molecular flexibility index (Phi) is 5.50. The number of fused-ring (bicyclic) bond motifs is 1. The van der Waals surface area contributed by atoms with Crippen LogP contribution in [0.4, 0.5) is 5.69 Å². The highest BCUT2D eigenvalue weighted by atomic mass is 16.2. The largest absolute Gasteiger partial charge is 0.332 e. The van der Waals surface area contributed by atoms with Crippen LogP contribution in [0.25, 0.3) is 10.9 Å². The molecule has 1 heterocycles. The van der Waals surface area contributed by atoms with E-state index < -0.39 is 0 Å². The SMILES string of the molecule is CCc1ccccc1NC(=O)CN(C)C(=O)c1cc(C)nc2ccccc12. The Morgan fingerprint density at radius 2 is 1.78 bits per heavy atom. The monoisotopic (exact) mass is 361 g/mol. The number of likely N-dealkylation sites (N-methyl/N-ethyl adjacent to an activating group) is 1. The lowest BCUT2D eigenvalue weighted by Gasteiger charge is -2.19. The van der Waals surface area contributed by atoms with Crippen molar-refractivity contribution in [1.29, 1.82) is 0 Å². The Balaban J connectivity index is 1.77. The van der Waals surface area contributed by atoms with Crippen LogP contribution in [-0.4, -0.2) is 35.3 Å². The molecule has 0 atom stereocenters. The highest BCUT2D eigenvalue weighted by Gasteiger charge is 2.18. The maximum Gasteiger partial charge on any atom is 0.254 e. The summed E-state index contributed by atoms with van der Waals surface area (Å²) >= 11 is 0. The van der Waals surface area contributed by atoms with Crippen molar-refractivity contribution in [2.24, 2.45) is 0 Å². The average molecular weight is 361 g/mol. The van der Waals surface area contributed by atoms with Crippen molar-refractivity contribution in [2.75, 3.05) is 18.9 Å². The van der Waals surface area contributed by atoms with Crippen molar-refractivity contribution in [3.8, 4) is 0 Å². The number of aryl methyl sites for hydroxylation is 2. The predicted octanol–water partition coefficient (Wildman–Crippen LogP) is 3.82. The summed E-state index contributed by atoms with van der Waals surface area (Å²) in [6, 6.07) is 17.0. The summed E-state index contributed by atoms with van der Waals surface area (Å²) in [5.41, 5.74) is 3.95. The summed E-state index contributed by atoms with van der Waals surface area (Å²) in [5, 5.41) is 3.69. The molecule has 0 fully saturated rings. The Labute approximate surface area is 159 Å². The van der Waals surface area contributed by atoms with Gasteiger partial charge < -0.3 is 10.2 Å². The van der Waals surface area contributed by atoms with Gasteiger partial charge >= 0.3 is 0 Å². The zero-order valence-corrected chi connectivity index (χ0v) is 15.8. The van der Waals surface area contributed by atoms with Gasteiger partial charge in [-0.25, -0.2) is 0 Å². The molecule has 3 aromatic rings. The number of nitrogens with zero attached hydrogens (tertiary/aromatic N) is 2. The zero-order chi connectivity index (χ0) is 19.4. The molecule has 2 amide bonds. The van der Waals surface area contributed by atoms with Crippen LogP contribution in [0.1, 0.15) is 28.5 Å². The second-order valence-electron chi connectivity index (χ2n) is 6.55. The third-order valence-corrected chi connectivity index (χ3v) is 4.47. The number of aromatic nitrogens is 1. The molecule has 2 aromatic carbocycles. The summed E-state index contributed by atoms with van der Waals surface area (Å²) in [6.45, 7) is 3.88. The van der Waals surface area contributed by atoms with Crippen molar-refractivity contribution < 1.29 is 9.59 Å². The summed E-state index contributed by atoms with van der Waals surface area (Å²) in [6.07, 6.45) is 0.827. The number of hydrogen-bond donors (Lipinski definition) is 1. The lowest BCUT2D eigenvalue weighted by Crippen LogP contribution is -2.35. The molecule has 27 heavy (non-hydrogen) atoms. The second kappa shape index (κ2) is 7.99. The first-order valence-corrected chi connectivity index (χ1v) is 8.99. The molecule has 1 aromatic heterocycles. The molecule has 0 aliphatic heterocycles. The fraction of sp³-hybridized carbons (Fsp3) is 0.227. The van der Waals surface area contributed by atoms with Gasteiger partial charge in [0.2, 0.25) is 5.91 Å². The van der Waals surface area contributed by atoms with E-state index in [0.717, 1.165) is 34.3 Å². The van der Waals surface area contributed by atoms with Gasteiger partial charge in [0.15, 0.2) is 0 Å². The van der Waals surface area contributed by atoms with Crippen LogP contribution in [-0.2, 0) is 11.2 Å². The standard InChI is InChI=1S/C22H23N3O2/c1-4-16-9-5-7-11-19(16)24-21(26)14-25(3)22(27)18-13-15(2)23-20-12-8-6-10-17(18)20/h5-13H,4,14H2,1-3H3,(H,24,26). The molecule has 0 aliphatic carbocycles. The van der Waals surface area contributed by atoms with Gasteiger partial charge in [-0.05, 0) is 37.1 Å². The molecule has 0 radical (unpaired) electrons. The fourth-order valence-electron chi connectivity index (χ4n) is 3.12. The summed E-state index contributed by atoms with van der Waals surface area (Å²) in [4.78, 5) is 31.3. The van der Waals surface area contributed by atoms with Crippen LogP contribution in [0.15, 0.2) is 54.6 Å². The molecular weight excluding hydrogens is 338 g/mol. The third kappa shape index (κ3) is 4.14. The van der Waals surface area contributed by atoms with Crippen molar-refractivity contribution >= 4 is 28.4 Å². The number of carbonyl (C=O) groups is 2. The molecule has 5 nitrogen and oxygen atoms in total. The first-order valence-electron chi connectivity index (χ1n) is 8.99. The van der Waals surface area contributed by atoms with Gasteiger partial charge in [0, 0.05) is 23.8 Å². The van der Waals surface area contributed by atoms with E-state index in [1.54, 1.807) is 13.1 Å². The van der Waals surface area contributed by atoms with Gasteiger partial charge in [-0.3, -0.25) is 14.6 Å². The number of rotatable bonds is 5. The van der Waals surface area contributed by atoms with Crippen molar-refractivity contribution in [2.45, 2.75) is 20.3 Å². The van der Waals surface area contributed by atoms with Crippen LogP contribution < -0.4 is 5.32 Å². The first kappa shape index (κ1) is 18.6. The van der Waals surface area contributed by atoms with Gasteiger partial charge in [0.05, 0.1) is 17.6 Å². The number of para-hydroxylation sites is 2. The molecule has 3 rings (SSSR count). The Hall–Kier alpha value is -3.21. The van der Waals surface area contributed by atoms with E-state index in [1.165, 1.54) is 4.90 Å². The number of hydrogen-bond acceptors (Lipinski definition) is 3. The van der Waals surface area contributed by atoms with Crippen LogP contribution in [0.5, 0.6) is 0 Å². The maximum atomic E-state index is 12.9. The maximum absolute atomic E-state index is 12.9. The van der Waals surface area contributed by atoms with Gasteiger partial charge in [0.25, 0.3) is 5.91 Å². The zero-order valence-electron chi connectivity index (χ0n) is 15.8. The van der Waals surface area contributed by atoms with Gasteiger partial charge in [-0.2, -0.15) is 0 Å². The minimum atomic E-state index is -0.221. The Morgan fingerprint density at radius 3 is 2.56 bits per heavy atom. The van der Waals surface area contributed by atoms with E-state index in [1.807, 2.05) is 62.4 Å². The molecular formula is C22H23N3O2. The van der Waals surface area contributed by atoms with E-state index in [4.69, 9.17) is 0 Å². The molecule has 0 spiro atoms. The Bertz CT molecular complexity index is 998. The van der Waals surface area contributed by atoms with Gasteiger partial charge in [-0.1, -0.05) is 43.3 Å². The van der Waals surface area contributed by atoms with Crippen molar-refractivity contribution in [3.63, 3.8) is 0 Å². The van der Waals surface area contributed by atoms with Gasteiger partial charge in [-0.15, -0.1) is 0 Å². The van der Waals surface area contributed by atoms with Gasteiger partial charge in [0.1, 0.15) is 0 Å². The van der Waals surface area contributed by atoms with Crippen LogP contribution in [0, 0.1) is 6.92 Å². The quantitative estimate of drug-likeness (QED) is 0.751. The summed E-state index contributed by atoms with van der Waals surface area (Å²) in [7, 11) is 1.64. The Morgan fingerprint density at radius 1 is 1.07 bits per heavy atom. The molecule has 1 N–H and O–H groups in total. The van der Waals surface area contributed by atoms with Crippen molar-refractivity contribution in [3.05, 3.63) is 71.4 Å². The highest BCUT2D eigenvalue weighted by molar-refractivity contribution is 6.07. The summed E-state index contributed by atoms with van der Waals surface area (Å²) < 4.78 is 0. The number of carbonyl (C=O) groups excluding carboxylic acids is 2. The minimum absolute atomic E-state index is 0.0213. The smallest absolute Gasteiger partial charge is 0.254 e. The molecule has 138 valence electrons. The van der Waals surface area contributed by atoms with Crippen LogP contribution in [0.2, 0.25) is 0 Å². The predicted molar refractivity (Wildman–Crippen MR) is 108 cm³/mol. The lowest BCUT2D eigenvalue weighted by molar-refractivity contribution is -0.116. The molecule has 0 unspecified atom stereocenters. The lowest BCUT2D eigenvalue weighted by atomic mass is 10.1. The molecule has 0 aliphatic rings. The van der Waals surface area contributed by atoms with E-state index in [-0.39, 0.29) is 18.4 Å². The number of pyridine rings is 1. The van der Waals surface area contributed by atoms with Crippen LogP contribution >= 0.6 is 0 Å². The average Bonchev–Trinajstić information content (AvgIpc) is 2.67. The van der Waals surface area contributed by atoms with E-state index >= 15 is 0 Å². The number of nitrogens with one attached hydrogen (secondary N) is 1. The molecule has 0 bridgehead atoms. The first-order chi connectivity index (χ1) is 13.0. The molecule has 0 saturated carbocycles. The second-order valence-corrected chi connectivity index (χ2v) is 6.55. The van der Waals surface area contributed by atoms with E-state index in [2.05, 4.69) is 10.3 Å². The van der Waals surface area contributed by atoms with Crippen LogP contribution in [0.3, 0.4) is 0 Å². The fourth-order valence-corrected chi connectivity index (χ4v) is 3.12. The highest BCUT2D eigenvalue weighted by Crippen LogP contribution is 2.20. The minimum Gasteiger partial charge on any atom is -0.332 e. The molecule has 5 heteroatoms. The van der Waals surface area contributed by atoms with Crippen molar-refractivity contribution in [1.82, 2.24) is 9.88 Å². The topological polar surface area (TPSA) is 62.3 Å². The van der Waals surface area contributed by atoms with E-state index in [9.17, 15) is 9.59 Å². The number of anilines is 1. The summed E-state index contributed by atoms with van der Waals surface area (Å²) in [5.74, 6) is -0.419. The van der Waals surface area contributed by atoms with E-state index in [0.29, 0.717) is 5.56 Å². The number of benzene rings is 2. The normalized spacial score (nSPS) is 10.6. The third-order valence-electron chi connectivity index (χ3n) is 4.47.